The van der Waals surface area contributed by atoms with Crippen molar-refractivity contribution in [3.63, 3.8) is 0 Å². The Labute approximate surface area is 108 Å². The number of hydrogen-bond donors (Lipinski definition) is 2. The molecule has 1 rings (SSSR count). The van der Waals surface area contributed by atoms with E-state index in [1.807, 2.05) is 12.1 Å². The Hall–Kier alpha value is -0.620. The first kappa shape index (κ1) is 13.4. The maximum absolute atomic E-state index is 5.90. The SMILES string of the molecule is COCCN=C(NN)c1ccc(Cl)c(Br)c1. The normalized spacial score (nSPS) is 11.6. The Morgan fingerprint density at radius 1 is 1.62 bits per heavy atom. The lowest BCUT2D eigenvalue weighted by Gasteiger charge is -2.07. The Morgan fingerprint density at radius 3 is 2.94 bits per heavy atom. The van der Waals surface area contributed by atoms with Crippen molar-refractivity contribution in [3.05, 3.63) is 33.3 Å². The monoisotopic (exact) mass is 305 g/mol. The van der Waals surface area contributed by atoms with Crippen molar-refractivity contribution < 1.29 is 4.74 Å². The second-order valence-electron chi connectivity index (χ2n) is 3.00. The van der Waals surface area contributed by atoms with Gasteiger partial charge in [0.25, 0.3) is 0 Å². The number of methoxy groups -OCH3 is 1. The number of amidine groups is 1. The third-order valence-corrected chi connectivity index (χ3v) is 3.11. The van der Waals surface area contributed by atoms with Gasteiger partial charge >= 0.3 is 0 Å². The summed E-state index contributed by atoms with van der Waals surface area (Å²) >= 11 is 9.24. The number of hydrogen-bond acceptors (Lipinski definition) is 3. The summed E-state index contributed by atoms with van der Waals surface area (Å²) in [6.45, 7) is 1.11. The van der Waals surface area contributed by atoms with E-state index in [1.165, 1.54) is 0 Å². The second kappa shape index (κ2) is 6.85. The van der Waals surface area contributed by atoms with Crippen LogP contribution in [0.1, 0.15) is 5.56 Å². The molecule has 0 atom stereocenters. The molecule has 0 aliphatic rings. The number of halogens is 2. The van der Waals surface area contributed by atoms with Gasteiger partial charge in [0, 0.05) is 17.1 Å². The van der Waals surface area contributed by atoms with Gasteiger partial charge in [-0.2, -0.15) is 0 Å². The van der Waals surface area contributed by atoms with E-state index in [9.17, 15) is 0 Å². The largest absolute Gasteiger partial charge is 0.383 e. The number of ether oxygens (including phenoxy) is 1. The Morgan fingerprint density at radius 2 is 2.38 bits per heavy atom. The molecule has 0 spiro atoms. The summed E-state index contributed by atoms with van der Waals surface area (Å²) in [6.07, 6.45) is 0. The number of benzene rings is 1. The van der Waals surface area contributed by atoms with Gasteiger partial charge in [-0.1, -0.05) is 11.6 Å². The van der Waals surface area contributed by atoms with E-state index in [2.05, 4.69) is 26.3 Å². The average molecular weight is 307 g/mol. The van der Waals surface area contributed by atoms with Crippen LogP contribution in [0.25, 0.3) is 0 Å². The number of nitrogens with two attached hydrogens (primary N) is 1. The standard InChI is InChI=1S/C10H13BrClN3O/c1-16-5-4-14-10(15-13)7-2-3-9(12)8(11)6-7/h2-3,6H,4-5,13H2,1H3,(H,14,15). The van der Waals surface area contributed by atoms with Crippen LogP contribution in [0.2, 0.25) is 5.02 Å². The minimum absolute atomic E-state index is 0.552. The summed E-state index contributed by atoms with van der Waals surface area (Å²) in [4.78, 5) is 4.26. The lowest BCUT2D eigenvalue weighted by atomic mass is 10.2. The number of hydrazine groups is 1. The van der Waals surface area contributed by atoms with E-state index in [0.717, 1.165) is 10.0 Å². The zero-order chi connectivity index (χ0) is 12.0. The summed E-state index contributed by atoms with van der Waals surface area (Å²) in [5.74, 6) is 6.01. The molecule has 0 bridgehead atoms. The Balaban J connectivity index is 2.86. The summed E-state index contributed by atoms with van der Waals surface area (Å²) in [5, 5.41) is 0.650. The highest BCUT2D eigenvalue weighted by Crippen LogP contribution is 2.23. The lowest BCUT2D eigenvalue weighted by molar-refractivity contribution is 0.208. The third-order valence-electron chi connectivity index (χ3n) is 1.90. The van der Waals surface area contributed by atoms with Crippen LogP contribution in [0, 0.1) is 0 Å². The molecule has 0 radical (unpaired) electrons. The maximum atomic E-state index is 5.90. The molecule has 0 amide bonds. The van der Waals surface area contributed by atoms with Crippen molar-refractivity contribution in [1.82, 2.24) is 5.43 Å². The minimum Gasteiger partial charge on any atom is -0.383 e. The van der Waals surface area contributed by atoms with Gasteiger partial charge in [0.2, 0.25) is 0 Å². The number of aliphatic imine (C=N–C) groups is 1. The number of nitrogens with one attached hydrogen (secondary N) is 1. The van der Waals surface area contributed by atoms with Crippen LogP contribution in [-0.2, 0) is 4.74 Å². The van der Waals surface area contributed by atoms with Gasteiger partial charge in [0.1, 0.15) is 5.84 Å². The van der Waals surface area contributed by atoms with Crippen LogP contribution in [0.4, 0.5) is 0 Å². The Bertz CT molecular complexity index is 384. The molecule has 3 N–H and O–H groups in total. The fourth-order valence-corrected chi connectivity index (χ4v) is 1.61. The van der Waals surface area contributed by atoms with Crippen molar-refractivity contribution in [2.24, 2.45) is 10.8 Å². The quantitative estimate of drug-likeness (QED) is 0.294. The fourth-order valence-electron chi connectivity index (χ4n) is 1.11. The third kappa shape index (κ3) is 3.75. The highest BCUT2D eigenvalue weighted by atomic mass is 79.9. The van der Waals surface area contributed by atoms with Crippen molar-refractivity contribution in [2.45, 2.75) is 0 Å². The predicted molar refractivity (Wildman–Crippen MR) is 69.8 cm³/mol. The summed E-state index contributed by atoms with van der Waals surface area (Å²) in [5.41, 5.74) is 3.42. The van der Waals surface area contributed by atoms with Gasteiger partial charge in [-0.3, -0.25) is 4.99 Å². The highest BCUT2D eigenvalue weighted by Gasteiger charge is 2.04. The molecule has 0 saturated heterocycles. The Kier molecular flexibility index (Phi) is 5.76. The lowest BCUT2D eigenvalue weighted by Crippen LogP contribution is -2.31. The topological polar surface area (TPSA) is 59.6 Å². The van der Waals surface area contributed by atoms with Crippen molar-refractivity contribution >= 4 is 33.4 Å². The van der Waals surface area contributed by atoms with Crippen LogP contribution < -0.4 is 11.3 Å². The molecule has 4 nitrogen and oxygen atoms in total. The molecule has 0 aliphatic carbocycles. The van der Waals surface area contributed by atoms with Crippen LogP contribution in [0.3, 0.4) is 0 Å². The maximum Gasteiger partial charge on any atom is 0.142 e. The van der Waals surface area contributed by atoms with Gasteiger partial charge in [-0.25, -0.2) is 5.84 Å². The molecule has 0 aromatic heterocycles. The van der Waals surface area contributed by atoms with E-state index in [-0.39, 0.29) is 0 Å². The molecule has 88 valence electrons. The summed E-state index contributed by atoms with van der Waals surface area (Å²) in [7, 11) is 1.63. The van der Waals surface area contributed by atoms with E-state index in [0.29, 0.717) is 24.0 Å². The van der Waals surface area contributed by atoms with Gasteiger partial charge < -0.3 is 10.2 Å². The smallest absolute Gasteiger partial charge is 0.142 e. The number of rotatable bonds is 4. The number of nitrogens with zero attached hydrogens (tertiary/aromatic N) is 1. The highest BCUT2D eigenvalue weighted by molar-refractivity contribution is 9.10. The summed E-state index contributed by atoms with van der Waals surface area (Å²) < 4.78 is 5.72. The van der Waals surface area contributed by atoms with Crippen molar-refractivity contribution in [2.75, 3.05) is 20.3 Å². The average Bonchev–Trinajstić information content (AvgIpc) is 2.29. The molecule has 0 fully saturated rings. The van der Waals surface area contributed by atoms with Crippen LogP contribution in [-0.4, -0.2) is 26.1 Å². The molecule has 0 unspecified atom stereocenters. The van der Waals surface area contributed by atoms with Gasteiger partial charge in [-0.05, 0) is 34.1 Å². The molecule has 0 heterocycles. The zero-order valence-electron chi connectivity index (χ0n) is 8.84. The van der Waals surface area contributed by atoms with Gasteiger partial charge in [-0.15, -0.1) is 0 Å². The molecule has 6 heteroatoms. The summed E-state index contributed by atoms with van der Waals surface area (Å²) in [6, 6.07) is 5.48. The van der Waals surface area contributed by atoms with E-state index in [4.69, 9.17) is 22.2 Å². The van der Waals surface area contributed by atoms with Gasteiger partial charge in [0.05, 0.1) is 18.2 Å². The zero-order valence-corrected chi connectivity index (χ0v) is 11.2. The molecule has 1 aromatic rings. The fraction of sp³-hybridized carbons (Fsp3) is 0.300. The van der Waals surface area contributed by atoms with E-state index < -0.39 is 0 Å². The second-order valence-corrected chi connectivity index (χ2v) is 4.26. The molecular formula is C10H13BrClN3O. The van der Waals surface area contributed by atoms with Crippen LogP contribution >= 0.6 is 27.5 Å². The van der Waals surface area contributed by atoms with Crippen molar-refractivity contribution in [1.29, 1.82) is 0 Å². The first-order valence-electron chi connectivity index (χ1n) is 4.64. The molecule has 16 heavy (non-hydrogen) atoms. The van der Waals surface area contributed by atoms with Gasteiger partial charge in [0.15, 0.2) is 0 Å². The first-order chi connectivity index (χ1) is 7.69. The molecule has 0 aliphatic heterocycles. The van der Waals surface area contributed by atoms with Crippen LogP contribution in [0.5, 0.6) is 0 Å². The molecule has 1 aromatic carbocycles. The van der Waals surface area contributed by atoms with Crippen LogP contribution in [0.15, 0.2) is 27.7 Å². The first-order valence-corrected chi connectivity index (χ1v) is 5.81. The predicted octanol–water partition coefficient (Wildman–Crippen LogP) is 1.96. The van der Waals surface area contributed by atoms with E-state index in [1.54, 1.807) is 13.2 Å². The molecule has 0 saturated carbocycles. The van der Waals surface area contributed by atoms with Crippen molar-refractivity contribution in [3.8, 4) is 0 Å². The molecular weight excluding hydrogens is 293 g/mol. The minimum atomic E-state index is 0.552. The van der Waals surface area contributed by atoms with E-state index >= 15 is 0 Å².